The van der Waals surface area contributed by atoms with Crippen molar-refractivity contribution in [3.05, 3.63) is 29.8 Å². The van der Waals surface area contributed by atoms with Crippen LogP contribution in [0.4, 0.5) is 5.69 Å². The summed E-state index contributed by atoms with van der Waals surface area (Å²) in [6.45, 7) is 0. The molecule has 1 saturated carbocycles. The minimum atomic E-state index is -0.223. The summed E-state index contributed by atoms with van der Waals surface area (Å²) in [7, 11) is 0. The molecule has 0 amide bonds. The molecule has 0 spiro atoms. The minimum absolute atomic E-state index is 0.182. The number of anilines is 1. The molecule has 2 atom stereocenters. The number of nitrogens with one attached hydrogen (secondary N) is 1. The van der Waals surface area contributed by atoms with Crippen LogP contribution >= 0.6 is 0 Å². The van der Waals surface area contributed by atoms with E-state index >= 15 is 0 Å². The van der Waals surface area contributed by atoms with Crippen LogP contribution in [0.5, 0.6) is 0 Å². The number of aliphatic hydroxyl groups excluding tert-OH is 1. The van der Waals surface area contributed by atoms with Crippen LogP contribution in [0.1, 0.15) is 24.8 Å². The summed E-state index contributed by atoms with van der Waals surface area (Å²) in [5.74, 6) is 0. The zero-order chi connectivity index (χ0) is 11.4. The molecule has 2 N–H and O–H groups in total. The Balaban J connectivity index is 1.97. The van der Waals surface area contributed by atoms with Crippen molar-refractivity contribution in [3.8, 4) is 6.07 Å². The molecule has 0 unspecified atom stereocenters. The maximum atomic E-state index is 9.68. The molecule has 0 bridgehead atoms. The van der Waals surface area contributed by atoms with Crippen molar-refractivity contribution in [2.45, 2.75) is 37.8 Å². The van der Waals surface area contributed by atoms with Crippen LogP contribution in [-0.2, 0) is 6.42 Å². The lowest BCUT2D eigenvalue weighted by Crippen LogP contribution is -2.27. The number of hydrogen-bond acceptors (Lipinski definition) is 3. The Morgan fingerprint density at radius 3 is 2.62 bits per heavy atom. The quantitative estimate of drug-likeness (QED) is 0.813. The molecule has 0 aliphatic heterocycles. The van der Waals surface area contributed by atoms with E-state index in [9.17, 15) is 5.11 Å². The number of nitriles is 1. The maximum Gasteiger partial charge on any atom is 0.0741 e. The molecule has 2 rings (SSSR count). The maximum absolute atomic E-state index is 9.68. The highest BCUT2D eigenvalue weighted by molar-refractivity contribution is 5.46. The molecule has 1 aliphatic carbocycles. The standard InChI is InChI=1S/C13H16N2O/c14-9-8-10-4-6-11(7-5-10)15-12-2-1-3-13(12)16/h4-7,12-13,15-16H,1-3,8H2/t12-,13-/m0/s1. The fourth-order valence-electron chi connectivity index (χ4n) is 2.13. The molecule has 3 heteroatoms. The molecule has 1 fully saturated rings. The molecule has 16 heavy (non-hydrogen) atoms. The number of rotatable bonds is 3. The monoisotopic (exact) mass is 216 g/mol. The third kappa shape index (κ3) is 2.53. The Labute approximate surface area is 95.7 Å². The molecule has 0 heterocycles. The van der Waals surface area contributed by atoms with Crippen LogP contribution in [0, 0.1) is 11.3 Å². The second-order valence-electron chi connectivity index (χ2n) is 4.28. The van der Waals surface area contributed by atoms with E-state index in [0.29, 0.717) is 6.42 Å². The van der Waals surface area contributed by atoms with Gasteiger partial charge in [-0.25, -0.2) is 0 Å². The average Bonchev–Trinajstić information content (AvgIpc) is 2.68. The topological polar surface area (TPSA) is 56.0 Å². The summed E-state index contributed by atoms with van der Waals surface area (Å²) in [5, 5.41) is 21.6. The highest BCUT2D eigenvalue weighted by Gasteiger charge is 2.24. The zero-order valence-electron chi connectivity index (χ0n) is 9.19. The number of hydrogen-bond donors (Lipinski definition) is 2. The van der Waals surface area contributed by atoms with Crippen LogP contribution < -0.4 is 5.32 Å². The Hall–Kier alpha value is -1.53. The highest BCUT2D eigenvalue weighted by atomic mass is 16.3. The summed E-state index contributed by atoms with van der Waals surface area (Å²) in [6, 6.07) is 10.1. The molecule has 1 aromatic carbocycles. The van der Waals surface area contributed by atoms with E-state index < -0.39 is 0 Å². The normalized spacial score (nSPS) is 24.0. The van der Waals surface area contributed by atoms with Crippen LogP contribution in [-0.4, -0.2) is 17.3 Å². The molecule has 1 aromatic rings. The highest BCUT2D eigenvalue weighted by Crippen LogP contribution is 2.23. The predicted octanol–water partition coefficient (Wildman–Crippen LogP) is 2.08. The first-order valence-corrected chi connectivity index (χ1v) is 5.70. The second kappa shape index (κ2) is 5.00. The molecular formula is C13H16N2O. The second-order valence-corrected chi connectivity index (χ2v) is 4.28. The molecule has 0 radical (unpaired) electrons. The zero-order valence-corrected chi connectivity index (χ0v) is 9.19. The molecule has 84 valence electrons. The molecule has 0 saturated heterocycles. The van der Waals surface area contributed by atoms with Crippen LogP contribution in [0.15, 0.2) is 24.3 Å². The Morgan fingerprint density at radius 2 is 2.06 bits per heavy atom. The van der Waals surface area contributed by atoms with E-state index in [0.717, 1.165) is 30.5 Å². The summed E-state index contributed by atoms with van der Waals surface area (Å²) < 4.78 is 0. The first-order valence-electron chi connectivity index (χ1n) is 5.70. The van der Waals surface area contributed by atoms with Gasteiger partial charge >= 0.3 is 0 Å². The summed E-state index contributed by atoms with van der Waals surface area (Å²) in [4.78, 5) is 0. The molecule has 1 aliphatic rings. The van der Waals surface area contributed by atoms with Gasteiger partial charge in [0.05, 0.1) is 24.6 Å². The lowest BCUT2D eigenvalue weighted by atomic mass is 10.1. The number of aliphatic hydroxyl groups is 1. The summed E-state index contributed by atoms with van der Waals surface area (Å²) in [6.07, 6.45) is 3.24. The minimum Gasteiger partial charge on any atom is -0.391 e. The van der Waals surface area contributed by atoms with Gasteiger partial charge in [-0.1, -0.05) is 12.1 Å². The summed E-state index contributed by atoms with van der Waals surface area (Å²) in [5.41, 5.74) is 2.05. The van der Waals surface area contributed by atoms with Crippen LogP contribution in [0.2, 0.25) is 0 Å². The van der Waals surface area contributed by atoms with Gasteiger partial charge in [-0.15, -0.1) is 0 Å². The fourth-order valence-corrected chi connectivity index (χ4v) is 2.13. The third-order valence-electron chi connectivity index (χ3n) is 3.07. The van der Waals surface area contributed by atoms with Gasteiger partial charge in [0, 0.05) is 5.69 Å². The SMILES string of the molecule is N#CCc1ccc(N[C@H]2CCC[C@@H]2O)cc1. The number of nitrogens with zero attached hydrogens (tertiary/aromatic N) is 1. The first-order chi connectivity index (χ1) is 7.79. The fraction of sp³-hybridized carbons (Fsp3) is 0.462. The smallest absolute Gasteiger partial charge is 0.0741 e. The number of benzene rings is 1. The predicted molar refractivity (Wildman–Crippen MR) is 63.0 cm³/mol. The van der Waals surface area contributed by atoms with E-state index in [-0.39, 0.29) is 12.1 Å². The average molecular weight is 216 g/mol. The summed E-state index contributed by atoms with van der Waals surface area (Å²) >= 11 is 0. The molecule has 3 nitrogen and oxygen atoms in total. The van der Waals surface area contributed by atoms with Crippen molar-refractivity contribution in [1.29, 1.82) is 5.26 Å². The van der Waals surface area contributed by atoms with Gasteiger partial charge in [-0.05, 0) is 37.0 Å². The van der Waals surface area contributed by atoms with Crippen molar-refractivity contribution in [3.63, 3.8) is 0 Å². The lowest BCUT2D eigenvalue weighted by molar-refractivity contribution is 0.172. The van der Waals surface area contributed by atoms with Gasteiger partial charge in [0.15, 0.2) is 0 Å². The van der Waals surface area contributed by atoms with Crippen molar-refractivity contribution >= 4 is 5.69 Å². The van der Waals surface area contributed by atoms with E-state index in [4.69, 9.17) is 5.26 Å². The van der Waals surface area contributed by atoms with E-state index in [1.165, 1.54) is 0 Å². The van der Waals surface area contributed by atoms with Gasteiger partial charge in [-0.3, -0.25) is 0 Å². The van der Waals surface area contributed by atoms with Crippen molar-refractivity contribution in [1.82, 2.24) is 0 Å². The van der Waals surface area contributed by atoms with Gasteiger partial charge < -0.3 is 10.4 Å². The van der Waals surface area contributed by atoms with Gasteiger partial charge in [-0.2, -0.15) is 5.26 Å². The van der Waals surface area contributed by atoms with Crippen molar-refractivity contribution in [2.24, 2.45) is 0 Å². The first kappa shape index (κ1) is 11.0. The van der Waals surface area contributed by atoms with Crippen LogP contribution in [0.25, 0.3) is 0 Å². The molecule has 0 aromatic heterocycles. The third-order valence-corrected chi connectivity index (χ3v) is 3.07. The lowest BCUT2D eigenvalue weighted by Gasteiger charge is -2.17. The van der Waals surface area contributed by atoms with Crippen LogP contribution in [0.3, 0.4) is 0 Å². The van der Waals surface area contributed by atoms with Gasteiger partial charge in [0.25, 0.3) is 0 Å². The van der Waals surface area contributed by atoms with E-state index in [1.807, 2.05) is 24.3 Å². The van der Waals surface area contributed by atoms with E-state index in [1.54, 1.807) is 0 Å². The van der Waals surface area contributed by atoms with E-state index in [2.05, 4.69) is 11.4 Å². The Bertz CT molecular complexity index is 380. The van der Waals surface area contributed by atoms with Crippen molar-refractivity contribution < 1.29 is 5.11 Å². The largest absolute Gasteiger partial charge is 0.391 e. The Kier molecular flexibility index (Phi) is 3.43. The Morgan fingerprint density at radius 1 is 1.31 bits per heavy atom. The van der Waals surface area contributed by atoms with Crippen molar-refractivity contribution in [2.75, 3.05) is 5.32 Å². The molecular weight excluding hydrogens is 200 g/mol. The van der Waals surface area contributed by atoms with Gasteiger partial charge in [0.1, 0.15) is 0 Å². The van der Waals surface area contributed by atoms with Gasteiger partial charge in [0.2, 0.25) is 0 Å².